The molecular formula is C9H18N2O3. The van der Waals surface area contributed by atoms with Crippen LogP contribution < -0.4 is 11.5 Å². The van der Waals surface area contributed by atoms with Gasteiger partial charge in [0.15, 0.2) is 5.66 Å². The largest absolute Gasteiger partial charge is 0.479 e. The number of carbonyl (C=O) groups is 2. The maximum atomic E-state index is 11.2. The minimum absolute atomic E-state index is 0.189. The van der Waals surface area contributed by atoms with Gasteiger partial charge in [-0.15, -0.1) is 0 Å². The number of carboxylic acids is 1. The smallest absolute Gasteiger partial charge is 0.338 e. The normalized spacial score (nSPS) is 11.4. The second-order valence-corrected chi connectivity index (χ2v) is 3.52. The number of Topliss-reactive ketones (excluding diaryl/α,β-unsaturated/α-hetero) is 1. The third-order valence-electron chi connectivity index (χ3n) is 1.95. The van der Waals surface area contributed by atoms with Gasteiger partial charge in [0.25, 0.3) is 0 Å². The van der Waals surface area contributed by atoms with E-state index < -0.39 is 11.6 Å². The van der Waals surface area contributed by atoms with Crippen LogP contribution in [0.4, 0.5) is 0 Å². The average molecular weight is 202 g/mol. The van der Waals surface area contributed by atoms with E-state index in [1.807, 2.05) is 6.92 Å². The van der Waals surface area contributed by atoms with E-state index >= 15 is 0 Å². The van der Waals surface area contributed by atoms with Crippen molar-refractivity contribution in [2.75, 3.05) is 0 Å². The number of rotatable bonds is 7. The average Bonchev–Trinajstić information content (AvgIpc) is 2.03. The maximum absolute atomic E-state index is 11.2. The molecule has 0 aromatic carbocycles. The lowest BCUT2D eigenvalue weighted by Crippen LogP contribution is -2.57. The zero-order valence-electron chi connectivity index (χ0n) is 8.45. The molecular weight excluding hydrogens is 184 g/mol. The van der Waals surface area contributed by atoms with Crippen LogP contribution in [0.15, 0.2) is 0 Å². The molecule has 0 fully saturated rings. The molecule has 5 N–H and O–H groups in total. The second-order valence-electron chi connectivity index (χ2n) is 3.52. The molecule has 0 rings (SSSR count). The van der Waals surface area contributed by atoms with E-state index in [-0.39, 0.29) is 12.2 Å². The summed E-state index contributed by atoms with van der Waals surface area (Å²) in [5, 5.41) is 8.56. The zero-order chi connectivity index (χ0) is 11.2. The Morgan fingerprint density at radius 2 is 1.86 bits per heavy atom. The van der Waals surface area contributed by atoms with Crippen molar-refractivity contribution in [1.82, 2.24) is 0 Å². The van der Waals surface area contributed by atoms with Crippen LogP contribution in [0.2, 0.25) is 0 Å². The van der Waals surface area contributed by atoms with E-state index in [0.717, 1.165) is 19.3 Å². The first-order valence-corrected chi connectivity index (χ1v) is 4.73. The van der Waals surface area contributed by atoms with Gasteiger partial charge in [-0.1, -0.05) is 19.8 Å². The molecule has 0 spiro atoms. The predicted octanol–water partition coefficient (Wildman–Crippen LogP) is 0.224. The number of nitrogens with two attached hydrogens (primary N) is 2. The number of carbonyl (C=O) groups excluding carboxylic acids is 1. The van der Waals surface area contributed by atoms with Gasteiger partial charge in [0.2, 0.25) is 0 Å². The van der Waals surface area contributed by atoms with E-state index in [9.17, 15) is 9.59 Å². The summed E-state index contributed by atoms with van der Waals surface area (Å²) in [7, 11) is 0. The SMILES string of the molecule is CCCCCC(=O)CC(N)(N)C(=O)O. The summed E-state index contributed by atoms with van der Waals surface area (Å²) in [6.07, 6.45) is 2.80. The van der Waals surface area contributed by atoms with E-state index in [2.05, 4.69) is 0 Å². The maximum Gasteiger partial charge on any atom is 0.338 e. The Morgan fingerprint density at radius 1 is 1.29 bits per heavy atom. The van der Waals surface area contributed by atoms with Gasteiger partial charge >= 0.3 is 5.97 Å². The Morgan fingerprint density at radius 3 is 2.29 bits per heavy atom. The molecule has 0 amide bonds. The van der Waals surface area contributed by atoms with Gasteiger partial charge in [0.1, 0.15) is 5.78 Å². The topological polar surface area (TPSA) is 106 Å². The molecule has 0 atom stereocenters. The quantitative estimate of drug-likeness (QED) is 0.404. The van der Waals surface area contributed by atoms with Crippen molar-refractivity contribution in [2.45, 2.75) is 44.7 Å². The highest BCUT2D eigenvalue weighted by molar-refractivity contribution is 5.88. The van der Waals surface area contributed by atoms with Crippen LogP contribution in [-0.2, 0) is 9.59 Å². The number of hydrogen-bond acceptors (Lipinski definition) is 4. The van der Waals surface area contributed by atoms with Crippen molar-refractivity contribution in [1.29, 1.82) is 0 Å². The zero-order valence-corrected chi connectivity index (χ0v) is 8.45. The lowest BCUT2D eigenvalue weighted by atomic mass is 10.0. The standard InChI is InChI=1S/C9H18N2O3/c1-2-3-4-5-7(12)6-9(10,11)8(13)14/h2-6,10-11H2,1H3,(H,13,14). The molecule has 0 aromatic heterocycles. The molecule has 0 unspecified atom stereocenters. The first-order valence-electron chi connectivity index (χ1n) is 4.73. The number of aliphatic carboxylic acids is 1. The predicted molar refractivity (Wildman–Crippen MR) is 52.5 cm³/mol. The third-order valence-corrected chi connectivity index (χ3v) is 1.95. The highest BCUT2D eigenvalue weighted by Crippen LogP contribution is 2.06. The summed E-state index contributed by atoms with van der Waals surface area (Å²) in [6, 6.07) is 0. The molecule has 0 aliphatic carbocycles. The molecule has 14 heavy (non-hydrogen) atoms. The Labute approximate surface area is 83.5 Å². The van der Waals surface area contributed by atoms with Crippen molar-refractivity contribution >= 4 is 11.8 Å². The summed E-state index contributed by atoms with van der Waals surface area (Å²) >= 11 is 0. The highest BCUT2D eigenvalue weighted by atomic mass is 16.4. The van der Waals surface area contributed by atoms with Crippen molar-refractivity contribution in [2.24, 2.45) is 11.5 Å². The molecule has 0 bridgehead atoms. The Balaban J connectivity index is 3.88. The molecule has 0 aliphatic rings. The van der Waals surface area contributed by atoms with Crippen molar-refractivity contribution < 1.29 is 14.7 Å². The van der Waals surface area contributed by atoms with E-state index in [1.165, 1.54) is 0 Å². The van der Waals surface area contributed by atoms with Crippen molar-refractivity contribution in [3.05, 3.63) is 0 Å². The van der Waals surface area contributed by atoms with Gasteiger partial charge in [0.05, 0.1) is 0 Å². The van der Waals surface area contributed by atoms with Crippen LogP contribution in [0, 0.1) is 0 Å². The number of unbranched alkanes of at least 4 members (excludes halogenated alkanes) is 2. The fourth-order valence-corrected chi connectivity index (χ4v) is 1.06. The first kappa shape index (κ1) is 13.1. The molecule has 0 aliphatic heterocycles. The van der Waals surface area contributed by atoms with Crippen LogP contribution >= 0.6 is 0 Å². The fourth-order valence-electron chi connectivity index (χ4n) is 1.06. The summed E-state index contributed by atoms with van der Waals surface area (Å²) in [5.41, 5.74) is 8.53. The monoisotopic (exact) mass is 202 g/mol. The number of hydrogen-bond donors (Lipinski definition) is 3. The van der Waals surface area contributed by atoms with Crippen LogP contribution in [0.5, 0.6) is 0 Å². The Bertz CT molecular complexity index is 214. The summed E-state index contributed by atoms with van der Waals surface area (Å²) in [5.74, 6) is -1.54. The number of ketones is 1. The van der Waals surface area contributed by atoms with Gasteiger partial charge in [-0.3, -0.25) is 4.79 Å². The van der Waals surface area contributed by atoms with Gasteiger partial charge in [-0.25, -0.2) is 4.79 Å². The third kappa shape index (κ3) is 4.94. The van der Waals surface area contributed by atoms with Gasteiger partial charge < -0.3 is 16.6 Å². The molecule has 5 heteroatoms. The molecule has 0 aromatic rings. The lowest BCUT2D eigenvalue weighted by Gasteiger charge is -2.17. The van der Waals surface area contributed by atoms with Crippen molar-refractivity contribution in [3.63, 3.8) is 0 Å². The minimum atomic E-state index is -1.91. The Hall–Kier alpha value is -0.940. The van der Waals surface area contributed by atoms with Crippen LogP contribution in [-0.4, -0.2) is 22.5 Å². The molecule has 5 nitrogen and oxygen atoms in total. The van der Waals surface area contributed by atoms with E-state index in [4.69, 9.17) is 16.6 Å². The summed E-state index contributed by atoms with van der Waals surface area (Å²) in [6.45, 7) is 2.03. The highest BCUT2D eigenvalue weighted by Gasteiger charge is 2.31. The lowest BCUT2D eigenvalue weighted by molar-refractivity contribution is -0.145. The molecule has 0 radical (unpaired) electrons. The first-order chi connectivity index (χ1) is 6.40. The molecule has 82 valence electrons. The van der Waals surface area contributed by atoms with E-state index in [1.54, 1.807) is 0 Å². The van der Waals surface area contributed by atoms with Crippen LogP contribution in [0.1, 0.15) is 39.0 Å². The Kier molecular flexibility index (Phi) is 5.34. The number of carboxylic acid groups (broad SMARTS) is 1. The molecule has 0 saturated carbocycles. The second kappa shape index (κ2) is 5.72. The van der Waals surface area contributed by atoms with Crippen molar-refractivity contribution in [3.8, 4) is 0 Å². The van der Waals surface area contributed by atoms with Gasteiger partial charge in [-0.05, 0) is 6.42 Å². The van der Waals surface area contributed by atoms with Crippen LogP contribution in [0.3, 0.4) is 0 Å². The minimum Gasteiger partial charge on any atom is -0.479 e. The summed E-state index contributed by atoms with van der Waals surface area (Å²) in [4.78, 5) is 21.7. The van der Waals surface area contributed by atoms with Gasteiger partial charge in [-0.2, -0.15) is 0 Å². The van der Waals surface area contributed by atoms with Crippen LogP contribution in [0.25, 0.3) is 0 Å². The fraction of sp³-hybridized carbons (Fsp3) is 0.778. The summed E-state index contributed by atoms with van der Waals surface area (Å²) < 4.78 is 0. The molecule has 0 heterocycles. The van der Waals surface area contributed by atoms with E-state index in [0.29, 0.717) is 6.42 Å². The molecule has 0 saturated heterocycles. The van der Waals surface area contributed by atoms with Gasteiger partial charge in [0, 0.05) is 12.8 Å².